The molecule has 0 amide bonds. The quantitative estimate of drug-likeness (QED) is 0.766. The van der Waals surface area contributed by atoms with Crippen molar-refractivity contribution in [3.05, 3.63) is 34.6 Å². The van der Waals surface area contributed by atoms with Crippen LogP contribution in [0.25, 0.3) is 0 Å². The van der Waals surface area contributed by atoms with Gasteiger partial charge in [-0.25, -0.2) is 4.39 Å². The molecule has 4 heteroatoms. The average molecular weight is 295 g/mol. The maximum Gasteiger partial charge on any atom is 0.124 e. The first kappa shape index (κ1) is 12.9. The highest BCUT2D eigenvalue weighted by Crippen LogP contribution is 2.18. The van der Waals surface area contributed by atoms with Crippen LogP contribution in [0, 0.1) is 5.82 Å². The van der Waals surface area contributed by atoms with Crippen molar-refractivity contribution in [3.8, 4) is 0 Å². The lowest BCUT2D eigenvalue weighted by Gasteiger charge is -2.18. The average Bonchev–Trinajstić information content (AvgIpc) is 2.08. The number of alkyl halides is 1. The van der Waals surface area contributed by atoms with Crippen LogP contribution in [0.2, 0.25) is 5.02 Å². The number of rotatable bonds is 4. The molecule has 0 aliphatic heterocycles. The van der Waals surface area contributed by atoms with Gasteiger partial charge >= 0.3 is 0 Å². The van der Waals surface area contributed by atoms with E-state index >= 15 is 0 Å². The van der Waals surface area contributed by atoms with Gasteiger partial charge in [0, 0.05) is 22.9 Å². The van der Waals surface area contributed by atoms with Crippen molar-refractivity contribution in [2.24, 2.45) is 0 Å². The molecule has 1 aromatic rings. The molecule has 0 aliphatic carbocycles. The summed E-state index contributed by atoms with van der Waals surface area (Å²) in [5.41, 5.74) is 0.953. The molecule has 0 heterocycles. The second-order valence-electron chi connectivity index (χ2n) is 3.71. The second-order valence-corrected chi connectivity index (χ2v) is 5.68. The summed E-state index contributed by atoms with van der Waals surface area (Å²) in [5, 5.41) is 0.490. The highest BCUT2D eigenvalue weighted by atomic mass is 79.9. The predicted octanol–water partition coefficient (Wildman–Crippen LogP) is 3.69. The number of halogens is 3. The van der Waals surface area contributed by atoms with Crippen molar-refractivity contribution in [2.45, 2.75) is 18.3 Å². The van der Waals surface area contributed by atoms with Gasteiger partial charge in [0.2, 0.25) is 0 Å². The van der Waals surface area contributed by atoms with Crippen LogP contribution < -0.4 is 0 Å². The third kappa shape index (κ3) is 4.49. The SMILES string of the molecule is CC(Br)CN(C)Cc1ccc(F)cc1Cl. The summed E-state index contributed by atoms with van der Waals surface area (Å²) in [7, 11) is 2.01. The number of hydrogen-bond acceptors (Lipinski definition) is 1. The summed E-state index contributed by atoms with van der Waals surface area (Å²) in [6, 6.07) is 4.52. The van der Waals surface area contributed by atoms with Crippen LogP contribution in [0.4, 0.5) is 4.39 Å². The zero-order chi connectivity index (χ0) is 11.4. The van der Waals surface area contributed by atoms with Crippen molar-refractivity contribution in [1.29, 1.82) is 0 Å². The van der Waals surface area contributed by atoms with Gasteiger partial charge in [0.1, 0.15) is 5.82 Å². The Bertz CT molecular complexity index is 330. The van der Waals surface area contributed by atoms with E-state index in [9.17, 15) is 4.39 Å². The fourth-order valence-electron chi connectivity index (χ4n) is 1.43. The first-order valence-corrected chi connectivity index (χ1v) is 6.05. The molecule has 84 valence electrons. The first-order chi connectivity index (χ1) is 6.99. The van der Waals surface area contributed by atoms with Crippen molar-refractivity contribution in [2.75, 3.05) is 13.6 Å². The predicted molar refractivity (Wildman–Crippen MR) is 66.1 cm³/mol. The Labute approximate surface area is 103 Å². The minimum atomic E-state index is -0.291. The summed E-state index contributed by atoms with van der Waals surface area (Å²) in [6.45, 7) is 3.74. The van der Waals surface area contributed by atoms with E-state index in [1.54, 1.807) is 6.07 Å². The van der Waals surface area contributed by atoms with Gasteiger partial charge in [-0.05, 0) is 24.7 Å². The summed E-state index contributed by atoms with van der Waals surface area (Å²) in [6.07, 6.45) is 0. The maximum atomic E-state index is 12.8. The van der Waals surface area contributed by atoms with Gasteiger partial charge in [-0.3, -0.25) is 0 Å². The lowest BCUT2D eigenvalue weighted by atomic mass is 10.2. The summed E-state index contributed by atoms with van der Waals surface area (Å²) in [5.74, 6) is -0.291. The molecular formula is C11H14BrClFN. The van der Waals surface area contributed by atoms with Crippen LogP contribution in [0.15, 0.2) is 18.2 Å². The molecule has 1 unspecified atom stereocenters. The Hall–Kier alpha value is -0.120. The van der Waals surface area contributed by atoms with Crippen LogP contribution in [-0.4, -0.2) is 23.3 Å². The van der Waals surface area contributed by atoms with Gasteiger partial charge in [-0.2, -0.15) is 0 Å². The van der Waals surface area contributed by atoms with E-state index in [0.717, 1.165) is 18.7 Å². The van der Waals surface area contributed by atoms with E-state index in [4.69, 9.17) is 11.6 Å². The van der Waals surface area contributed by atoms with E-state index in [-0.39, 0.29) is 5.82 Å². The monoisotopic (exact) mass is 293 g/mol. The molecule has 0 spiro atoms. The number of benzene rings is 1. The van der Waals surface area contributed by atoms with E-state index < -0.39 is 0 Å². The molecule has 0 bridgehead atoms. The fourth-order valence-corrected chi connectivity index (χ4v) is 2.16. The van der Waals surface area contributed by atoms with Crippen molar-refractivity contribution < 1.29 is 4.39 Å². The molecule has 1 nitrogen and oxygen atoms in total. The topological polar surface area (TPSA) is 3.24 Å². The van der Waals surface area contributed by atoms with Crippen LogP contribution in [0.1, 0.15) is 12.5 Å². The number of hydrogen-bond donors (Lipinski definition) is 0. The normalized spacial score (nSPS) is 13.2. The molecule has 0 saturated heterocycles. The molecule has 0 radical (unpaired) electrons. The molecule has 0 saturated carbocycles. The summed E-state index contributed by atoms with van der Waals surface area (Å²) >= 11 is 9.42. The summed E-state index contributed by atoms with van der Waals surface area (Å²) in [4.78, 5) is 2.57. The third-order valence-corrected chi connectivity index (χ3v) is 2.66. The van der Waals surface area contributed by atoms with Gasteiger partial charge in [0.05, 0.1) is 0 Å². The van der Waals surface area contributed by atoms with Crippen LogP contribution in [0.5, 0.6) is 0 Å². The Kier molecular flexibility index (Phi) is 5.03. The van der Waals surface area contributed by atoms with Gasteiger partial charge in [-0.15, -0.1) is 0 Å². The Morgan fingerprint density at radius 1 is 1.53 bits per heavy atom. The van der Waals surface area contributed by atoms with Crippen LogP contribution >= 0.6 is 27.5 Å². The fraction of sp³-hybridized carbons (Fsp3) is 0.455. The zero-order valence-corrected chi connectivity index (χ0v) is 11.1. The lowest BCUT2D eigenvalue weighted by molar-refractivity contribution is 0.333. The maximum absolute atomic E-state index is 12.8. The van der Waals surface area contributed by atoms with E-state index in [0.29, 0.717) is 9.85 Å². The summed E-state index contributed by atoms with van der Waals surface area (Å²) < 4.78 is 12.8. The van der Waals surface area contributed by atoms with E-state index in [1.165, 1.54) is 12.1 Å². The Balaban J connectivity index is 2.64. The van der Waals surface area contributed by atoms with Crippen molar-refractivity contribution >= 4 is 27.5 Å². The van der Waals surface area contributed by atoms with Gasteiger partial charge in [-0.1, -0.05) is 40.5 Å². The molecule has 1 rings (SSSR count). The Morgan fingerprint density at radius 3 is 2.73 bits per heavy atom. The standard InChI is InChI=1S/C11H14BrClFN/c1-8(12)6-15(2)7-9-3-4-10(14)5-11(9)13/h3-5,8H,6-7H2,1-2H3. The van der Waals surface area contributed by atoms with E-state index in [2.05, 4.69) is 27.8 Å². The molecule has 1 aromatic carbocycles. The zero-order valence-electron chi connectivity index (χ0n) is 8.80. The molecule has 0 aliphatic rings. The van der Waals surface area contributed by atoms with Gasteiger partial charge in [0.25, 0.3) is 0 Å². The van der Waals surface area contributed by atoms with Crippen LogP contribution in [-0.2, 0) is 6.54 Å². The number of nitrogens with zero attached hydrogens (tertiary/aromatic N) is 1. The largest absolute Gasteiger partial charge is 0.301 e. The van der Waals surface area contributed by atoms with Gasteiger partial charge in [0.15, 0.2) is 0 Å². The second kappa shape index (κ2) is 5.83. The van der Waals surface area contributed by atoms with Gasteiger partial charge < -0.3 is 4.90 Å². The Morgan fingerprint density at radius 2 is 2.20 bits per heavy atom. The molecular weight excluding hydrogens is 280 g/mol. The van der Waals surface area contributed by atoms with Crippen molar-refractivity contribution in [1.82, 2.24) is 4.90 Å². The third-order valence-electron chi connectivity index (χ3n) is 2.02. The minimum absolute atomic E-state index is 0.291. The van der Waals surface area contributed by atoms with Crippen LogP contribution in [0.3, 0.4) is 0 Å². The molecule has 1 atom stereocenters. The first-order valence-electron chi connectivity index (χ1n) is 4.75. The lowest BCUT2D eigenvalue weighted by Crippen LogP contribution is -2.24. The molecule has 0 N–H and O–H groups in total. The smallest absolute Gasteiger partial charge is 0.124 e. The van der Waals surface area contributed by atoms with E-state index in [1.807, 2.05) is 7.05 Å². The van der Waals surface area contributed by atoms with Crippen molar-refractivity contribution in [3.63, 3.8) is 0 Å². The molecule has 0 fully saturated rings. The highest BCUT2D eigenvalue weighted by molar-refractivity contribution is 9.09. The molecule has 15 heavy (non-hydrogen) atoms. The minimum Gasteiger partial charge on any atom is -0.301 e. The molecule has 0 aromatic heterocycles. The highest BCUT2D eigenvalue weighted by Gasteiger charge is 2.07.